The normalized spacial score (nSPS) is 15.2. The van der Waals surface area contributed by atoms with Gasteiger partial charge in [0.15, 0.2) is 0 Å². The zero-order chi connectivity index (χ0) is 13.0. The van der Waals surface area contributed by atoms with Gasteiger partial charge >= 0.3 is 5.97 Å². The molecule has 0 aromatic carbocycles. The molecule has 16 heavy (non-hydrogen) atoms. The maximum atomic E-state index is 11.4. The third kappa shape index (κ3) is 3.78. The summed E-state index contributed by atoms with van der Waals surface area (Å²) in [6.07, 6.45) is 4.46. The molecule has 0 heterocycles. The predicted octanol–water partition coefficient (Wildman–Crippen LogP) is 3.93. The summed E-state index contributed by atoms with van der Waals surface area (Å²) in [4.78, 5) is 11.4. The Morgan fingerprint density at radius 3 is 2.19 bits per heavy atom. The van der Waals surface area contributed by atoms with Crippen LogP contribution in [0.5, 0.6) is 0 Å². The lowest BCUT2D eigenvalue weighted by Crippen LogP contribution is -2.50. The molecule has 0 fully saturated rings. The van der Waals surface area contributed by atoms with Crippen molar-refractivity contribution in [3.8, 4) is 0 Å². The molecule has 2 nitrogen and oxygen atoms in total. The van der Waals surface area contributed by atoms with Crippen molar-refractivity contribution in [1.82, 2.24) is 0 Å². The van der Waals surface area contributed by atoms with Crippen LogP contribution >= 0.6 is 0 Å². The molecule has 0 spiro atoms. The summed E-state index contributed by atoms with van der Waals surface area (Å²) >= 11 is 0. The molecule has 0 bridgehead atoms. The fraction of sp³-hybridized carbons (Fsp3) is 0.769. The average Bonchev–Trinajstić information content (AvgIpc) is 2.15. The van der Waals surface area contributed by atoms with Crippen molar-refractivity contribution in [3.05, 3.63) is 12.2 Å². The Morgan fingerprint density at radius 1 is 1.38 bits per heavy atom. The molecule has 3 heteroatoms. The Hall–Kier alpha value is -0.573. The molecular formula is C13H26O2Si. The highest BCUT2D eigenvalue weighted by molar-refractivity contribution is 6.81. The highest BCUT2D eigenvalue weighted by Gasteiger charge is 2.43. The summed E-state index contributed by atoms with van der Waals surface area (Å²) in [6, 6.07) is 0. The molecule has 0 aromatic heterocycles. The van der Waals surface area contributed by atoms with Gasteiger partial charge in [-0.05, 0) is 12.0 Å². The second-order valence-electron chi connectivity index (χ2n) is 5.76. The van der Waals surface area contributed by atoms with Gasteiger partial charge in [0.05, 0.1) is 0 Å². The van der Waals surface area contributed by atoms with Gasteiger partial charge in [-0.1, -0.05) is 52.9 Å². The first-order valence-electron chi connectivity index (χ1n) is 5.99. The molecule has 94 valence electrons. The third-order valence-electron chi connectivity index (χ3n) is 3.56. The molecule has 0 amide bonds. The van der Waals surface area contributed by atoms with E-state index in [0.29, 0.717) is 6.42 Å². The minimum atomic E-state index is -1.66. The number of esters is 1. The van der Waals surface area contributed by atoms with Gasteiger partial charge in [0, 0.05) is 6.42 Å². The zero-order valence-electron chi connectivity index (χ0n) is 11.8. The molecule has 0 saturated heterocycles. The lowest BCUT2D eigenvalue weighted by atomic mass is 10.2. The van der Waals surface area contributed by atoms with Crippen molar-refractivity contribution in [1.29, 1.82) is 0 Å². The molecule has 0 aliphatic rings. The zero-order valence-corrected chi connectivity index (χ0v) is 12.8. The molecular weight excluding hydrogens is 216 g/mol. The van der Waals surface area contributed by atoms with Gasteiger partial charge in [-0.15, -0.1) is 0 Å². The Balaban J connectivity index is 4.98. The molecule has 0 rings (SSSR count). The lowest BCUT2D eigenvalue weighted by molar-refractivity contribution is -0.144. The lowest BCUT2D eigenvalue weighted by Gasteiger charge is -2.41. The summed E-state index contributed by atoms with van der Waals surface area (Å²) in [5.74, 6) is -0.104. The van der Waals surface area contributed by atoms with Crippen LogP contribution in [0.25, 0.3) is 0 Å². The Labute approximate surface area is 101 Å². The van der Waals surface area contributed by atoms with Crippen molar-refractivity contribution in [3.63, 3.8) is 0 Å². The largest absolute Gasteiger partial charge is 0.462 e. The third-order valence-corrected chi connectivity index (χ3v) is 9.16. The molecule has 0 radical (unpaired) electrons. The van der Waals surface area contributed by atoms with Crippen molar-refractivity contribution in [2.45, 2.75) is 64.9 Å². The molecule has 0 N–H and O–H groups in total. The van der Waals surface area contributed by atoms with E-state index in [1.807, 2.05) is 26.0 Å². The van der Waals surface area contributed by atoms with Crippen LogP contribution in [0.15, 0.2) is 12.2 Å². The van der Waals surface area contributed by atoms with E-state index in [-0.39, 0.29) is 16.7 Å². The molecule has 1 atom stereocenters. The Bertz CT molecular complexity index is 262. The van der Waals surface area contributed by atoms with Gasteiger partial charge in [0.25, 0.3) is 0 Å². The van der Waals surface area contributed by atoms with E-state index in [2.05, 4.69) is 33.9 Å². The van der Waals surface area contributed by atoms with Crippen LogP contribution in [0.4, 0.5) is 0 Å². The standard InChI is InChI=1S/C13H26O2Si/c1-8-10-12(15-11(14)9-2)16(6,7)13(3,4)5/h8,10,12H,9H2,1-7H3/b10-8-/t12-/m0/s1. The fourth-order valence-corrected chi connectivity index (χ4v) is 3.21. The monoisotopic (exact) mass is 242 g/mol. The number of rotatable bonds is 4. The second kappa shape index (κ2) is 5.67. The SMILES string of the molecule is C/C=C\[C@@H](OC(=O)CC)[Si](C)(C)C(C)(C)C. The first-order chi connectivity index (χ1) is 7.16. The van der Waals surface area contributed by atoms with Crippen LogP contribution in [-0.2, 0) is 9.53 Å². The van der Waals surface area contributed by atoms with E-state index in [1.54, 1.807) is 0 Å². The molecule has 0 aliphatic heterocycles. The predicted molar refractivity (Wildman–Crippen MR) is 72.2 cm³/mol. The van der Waals surface area contributed by atoms with Crippen LogP contribution < -0.4 is 0 Å². The minimum absolute atomic E-state index is 0.0232. The second-order valence-corrected chi connectivity index (χ2v) is 11.3. The van der Waals surface area contributed by atoms with Crippen LogP contribution in [0, 0.1) is 0 Å². The number of allylic oxidation sites excluding steroid dienone is 1. The highest BCUT2D eigenvalue weighted by atomic mass is 28.3. The van der Waals surface area contributed by atoms with Crippen molar-refractivity contribution in [2.75, 3.05) is 0 Å². The molecule has 0 aromatic rings. The summed E-state index contributed by atoms with van der Waals surface area (Å²) in [6.45, 7) is 15.1. The average molecular weight is 242 g/mol. The first kappa shape index (κ1) is 15.4. The molecule has 0 saturated carbocycles. The van der Waals surface area contributed by atoms with Crippen LogP contribution in [0.2, 0.25) is 18.1 Å². The van der Waals surface area contributed by atoms with E-state index in [0.717, 1.165) is 0 Å². The quantitative estimate of drug-likeness (QED) is 0.424. The van der Waals surface area contributed by atoms with Gasteiger partial charge in [-0.3, -0.25) is 4.79 Å². The summed E-state index contributed by atoms with van der Waals surface area (Å²) < 4.78 is 5.57. The number of carbonyl (C=O) groups is 1. The van der Waals surface area contributed by atoms with E-state index < -0.39 is 8.07 Å². The maximum Gasteiger partial charge on any atom is 0.305 e. The van der Waals surface area contributed by atoms with Crippen molar-refractivity contribution < 1.29 is 9.53 Å². The van der Waals surface area contributed by atoms with Crippen LogP contribution in [0.1, 0.15) is 41.0 Å². The van der Waals surface area contributed by atoms with Gasteiger partial charge in [-0.25, -0.2) is 0 Å². The topological polar surface area (TPSA) is 26.3 Å². The van der Waals surface area contributed by atoms with Crippen LogP contribution in [-0.4, -0.2) is 19.8 Å². The van der Waals surface area contributed by atoms with Gasteiger partial charge in [0.2, 0.25) is 0 Å². The Morgan fingerprint density at radius 2 is 1.88 bits per heavy atom. The maximum absolute atomic E-state index is 11.4. The van der Waals surface area contributed by atoms with Crippen LogP contribution in [0.3, 0.4) is 0 Å². The first-order valence-corrected chi connectivity index (χ1v) is 9.06. The summed E-state index contributed by atoms with van der Waals surface area (Å²) in [5, 5.41) is 0.213. The smallest absolute Gasteiger partial charge is 0.305 e. The number of hydrogen-bond acceptors (Lipinski definition) is 2. The van der Waals surface area contributed by atoms with Gasteiger partial charge in [0.1, 0.15) is 13.8 Å². The Kier molecular flexibility index (Phi) is 5.46. The summed E-state index contributed by atoms with van der Waals surface area (Å²) in [5.41, 5.74) is -0.0232. The van der Waals surface area contributed by atoms with E-state index >= 15 is 0 Å². The van der Waals surface area contributed by atoms with Gasteiger partial charge < -0.3 is 4.74 Å². The highest BCUT2D eigenvalue weighted by Crippen LogP contribution is 2.39. The summed E-state index contributed by atoms with van der Waals surface area (Å²) in [7, 11) is -1.66. The molecule has 0 aliphatic carbocycles. The van der Waals surface area contributed by atoms with E-state index in [1.165, 1.54) is 0 Å². The van der Waals surface area contributed by atoms with E-state index in [9.17, 15) is 4.79 Å². The van der Waals surface area contributed by atoms with Gasteiger partial charge in [-0.2, -0.15) is 0 Å². The fourth-order valence-electron chi connectivity index (χ4n) is 1.25. The minimum Gasteiger partial charge on any atom is -0.462 e. The van der Waals surface area contributed by atoms with Crippen molar-refractivity contribution in [2.24, 2.45) is 0 Å². The van der Waals surface area contributed by atoms with Crippen molar-refractivity contribution >= 4 is 14.0 Å². The molecule has 0 unspecified atom stereocenters. The number of carbonyl (C=O) groups excluding carboxylic acids is 1. The number of hydrogen-bond donors (Lipinski definition) is 0. The number of ether oxygens (including phenoxy) is 1. The van der Waals surface area contributed by atoms with E-state index in [4.69, 9.17) is 4.74 Å².